The molecule has 0 aliphatic rings. The third-order valence-electron chi connectivity index (χ3n) is 0.621. The van der Waals surface area contributed by atoms with Crippen LogP contribution in [-0.4, -0.2) is 18.6 Å². The Morgan fingerprint density at radius 1 is 1.90 bits per heavy atom. The van der Waals surface area contributed by atoms with Gasteiger partial charge in [0, 0.05) is 5.11 Å². The van der Waals surface area contributed by atoms with Gasteiger partial charge in [-0.25, -0.2) is 4.84 Å². The second-order valence-electron chi connectivity index (χ2n) is 1.34. The molecule has 0 unspecified atom stereocenters. The van der Waals surface area contributed by atoms with Gasteiger partial charge in [-0.15, -0.1) is 0 Å². The maximum Gasteiger partial charge on any atom is 0.119 e. The van der Waals surface area contributed by atoms with Gasteiger partial charge in [0.1, 0.15) is 6.54 Å². The number of rotatable bonds is 4. The van der Waals surface area contributed by atoms with Gasteiger partial charge in [0.2, 0.25) is 0 Å². The minimum absolute atomic E-state index is 0.164. The average molecular weight is 144 g/mol. The zero-order valence-corrected chi connectivity index (χ0v) is 5.57. The number of hydrazine groups is 1. The molecule has 0 amide bonds. The molecule has 0 atom stereocenters. The van der Waals surface area contributed by atoms with Gasteiger partial charge in [-0.3, -0.25) is 0 Å². The molecule has 0 spiro atoms. The summed E-state index contributed by atoms with van der Waals surface area (Å²) >= 11 is 0. The Balaban J connectivity index is 3.39. The van der Waals surface area contributed by atoms with Crippen LogP contribution < -0.4 is 5.59 Å². The van der Waals surface area contributed by atoms with Crippen LogP contribution in [0.2, 0.25) is 0 Å². The molecule has 0 aromatic heterocycles. The van der Waals surface area contributed by atoms with E-state index in [0.717, 1.165) is 0 Å². The van der Waals surface area contributed by atoms with Crippen LogP contribution in [0, 0.1) is 16.5 Å². The molecule has 0 aromatic rings. The topological polar surface area (TPSA) is 83.5 Å². The number of hydrogen-bond acceptors (Lipinski definition) is 4. The van der Waals surface area contributed by atoms with E-state index in [-0.39, 0.29) is 17.9 Å². The van der Waals surface area contributed by atoms with Crippen LogP contribution in [0.15, 0.2) is 5.11 Å². The number of nitriles is 1. The van der Waals surface area contributed by atoms with Gasteiger partial charge in [0.15, 0.2) is 0 Å². The summed E-state index contributed by atoms with van der Waals surface area (Å²) in [6, 6.07) is 1.84. The molecule has 10 heavy (non-hydrogen) atoms. The van der Waals surface area contributed by atoms with Crippen molar-refractivity contribution in [1.82, 2.24) is 5.59 Å². The highest BCUT2D eigenvalue weighted by Gasteiger charge is 1.88. The van der Waals surface area contributed by atoms with Crippen molar-refractivity contribution in [3.63, 3.8) is 0 Å². The molecule has 0 fully saturated rings. The lowest BCUT2D eigenvalue weighted by molar-refractivity contribution is -0.643. The minimum atomic E-state index is 0.164. The first-order valence-corrected chi connectivity index (χ1v) is 2.61. The summed E-state index contributed by atoms with van der Waals surface area (Å²) in [5.74, 6) is 0. The average Bonchev–Trinajstić information content (AvgIpc) is 1.89. The fourth-order valence-electron chi connectivity index (χ4n) is 0.298. The molecular formula is C4H8N4O2. The zero-order valence-electron chi connectivity index (χ0n) is 5.57. The summed E-state index contributed by atoms with van der Waals surface area (Å²) in [6.07, 6.45) is 0.226. The smallest absolute Gasteiger partial charge is 0.119 e. The van der Waals surface area contributed by atoms with E-state index >= 15 is 0 Å². The van der Waals surface area contributed by atoms with E-state index in [1.165, 1.54) is 7.11 Å². The second-order valence-corrected chi connectivity index (χ2v) is 1.34. The third kappa shape index (κ3) is 4.80. The van der Waals surface area contributed by atoms with E-state index in [2.05, 4.69) is 9.95 Å². The van der Waals surface area contributed by atoms with Crippen LogP contribution in [0.5, 0.6) is 0 Å². The molecule has 0 radical (unpaired) electrons. The van der Waals surface area contributed by atoms with Crippen LogP contribution in [0.4, 0.5) is 0 Å². The molecule has 0 aromatic carbocycles. The first-order chi connectivity index (χ1) is 4.81. The molecule has 0 aliphatic carbocycles. The van der Waals surface area contributed by atoms with Crippen molar-refractivity contribution >= 4 is 0 Å². The molecule has 0 bridgehead atoms. The standard InChI is InChI=1S/C4H8N4O2/c1-10-7-8(9)6-4-2-3-5/h2,4H2,1H3,(H,6,7). The van der Waals surface area contributed by atoms with Gasteiger partial charge in [-0.2, -0.15) is 5.26 Å². The van der Waals surface area contributed by atoms with Crippen LogP contribution >= 0.6 is 0 Å². The molecule has 0 aliphatic heterocycles. The van der Waals surface area contributed by atoms with Gasteiger partial charge in [-0.05, 0) is 5.59 Å². The van der Waals surface area contributed by atoms with E-state index in [1.807, 2.05) is 11.7 Å². The first kappa shape index (κ1) is 8.65. The lowest BCUT2D eigenvalue weighted by Crippen LogP contribution is -2.21. The van der Waals surface area contributed by atoms with E-state index < -0.39 is 0 Å². The summed E-state index contributed by atoms with van der Waals surface area (Å²) in [4.78, 5) is 4.39. The molecule has 6 nitrogen and oxygen atoms in total. The van der Waals surface area contributed by atoms with Crippen LogP contribution in [0.25, 0.3) is 0 Å². The summed E-state index contributed by atoms with van der Waals surface area (Å²) in [5.41, 5.74) is 1.91. The van der Waals surface area contributed by atoms with Crippen molar-refractivity contribution in [3.05, 3.63) is 5.21 Å². The normalized spacial score (nSPS) is 10.6. The van der Waals surface area contributed by atoms with Crippen molar-refractivity contribution in [3.8, 4) is 6.07 Å². The van der Waals surface area contributed by atoms with Gasteiger partial charge in [0.05, 0.1) is 24.6 Å². The molecule has 0 saturated heterocycles. The summed E-state index contributed by atoms with van der Waals surface area (Å²) in [7, 11) is 1.30. The molecule has 0 saturated carbocycles. The van der Waals surface area contributed by atoms with Gasteiger partial charge >= 0.3 is 0 Å². The monoisotopic (exact) mass is 144 g/mol. The van der Waals surface area contributed by atoms with E-state index in [1.54, 1.807) is 0 Å². The van der Waals surface area contributed by atoms with Gasteiger partial charge in [0.25, 0.3) is 0 Å². The highest BCUT2D eigenvalue weighted by atomic mass is 16.7. The van der Waals surface area contributed by atoms with Crippen molar-refractivity contribution < 1.29 is 9.81 Å². The van der Waals surface area contributed by atoms with E-state index in [4.69, 9.17) is 5.26 Å². The first-order valence-electron chi connectivity index (χ1n) is 2.61. The molecule has 6 heteroatoms. The number of nitrogens with zero attached hydrogens (tertiary/aromatic N) is 3. The van der Waals surface area contributed by atoms with Crippen molar-refractivity contribution in [2.45, 2.75) is 6.42 Å². The lowest BCUT2D eigenvalue weighted by Gasteiger charge is -1.96. The highest BCUT2D eigenvalue weighted by molar-refractivity contribution is 4.68. The van der Waals surface area contributed by atoms with E-state index in [9.17, 15) is 5.21 Å². The Kier molecular flexibility index (Phi) is 5.00. The molecular weight excluding hydrogens is 136 g/mol. The summed E-state index contributed by atoms with van der Waals surface area (Å²) in [5, 5.41) is 21.7. The lowest BCUT2D eigenvalue weighted by atomic mass is 10.5. The van der Waals surface area contributed by atoms with E-state index in [0.29, 0.717) is 0 Å². The van der Waals surface area contributed by atoms with Crippen LogP contribution in [-0.2, 0) is 4.84 Å². The summed E-state index contributed by atoms with van der Waals surface area (Å²) < 4.78 is 0. The molecule has 1 N–H and O–H groups in total. The Hall–Kier alpha value is -1.35. The largest absolute Gasteiger partial charge is 0.570 e. The third-order valence-corrected chi connectivity index (χ3v) is 0.621. The maximum atomic E-state index is 10.3. The molecule has 0 rings (SSSR count). The van der Waals surface area contributed by atoms with Gasteiger partial charge in [-0.1, -0.05) is 0 Å². The van der Waals surface area contributed by atoms with Crippen molar-refractivity contribution in [2.24, 2.45) is 5.11 Å². The number of hydrogen-bond donors (Lipinski definition) is 1. The Morgan fingerprint density at radius 3 is 3.10 bits per heavy atom. The summed E-state index contributed by atoms with van der Waals surface area (Å²) in [6.45, 7) is 0.177. The van der Waals surface area contributed by atoms with Crippen molar-refractivity contribution in [2.75, 3.05) is 13.7 Å². The Bertz CT molecular complexity index is 150. The maximum absolute atomic E-state index is 10.3. The molecule has 0 heterocycles. The quantitative estimate of drug-likeness (QED) is 0.259. The Morgan fingerprint density at radius 2 is 2.60 bits per heavy atom. The highest BCUT2D eigenvalue weighted by Crippen LogP contribution is 1.77. The zero-order chi connectivity index (χ0) is 7.82. The fourth-order valence-corrected chi connectivity index (χ4v) is 0.298. The predicted octanol–water partition coefficient (Wildman–Crippen LogP) is -0.0714. The van der Waals surface area contributed by atoms with Crippen molar-refractivity contribution in [1.29, 1.82) is 5.26 Å². The van der Waals surface area contributed by atoms with Gasteiger partial charge < -0.3 is 5.21 Å². The number of nitrogens with one attached hydrogen (secondary N) is 1. The Labute approximate surface area is 58.2 Å². The minimum Gasteiger partial charge on any atom is -0.570 e. The molecule has 56 valence electrons. The SMILES string of the molecule is CON[N+]([O-])=NCCC#N. The second kappa shape index (κ2) is 5.78. The van der Waals surface area contributed by atoms with Crippen LogP contribution in [0.3, 0.4) is 0 Å². The van der Waals surface area contributed by atoms with Crippen LogP contribution in [0.1, 0.15) is 6.42 Å². The fraction of sp³-hybridized carbons (Fsp3) is 0.750. The predicted molar refractivity (Wildman–Crippen MR) is 31.3 cm³/mol.